The summed E-state index contributed by atoms with van der Waals surface area (Å²) in [5.41, 5.74) is 0.481. The molecule has 17 heavy (non-hydrogen) atoms. The van der Waals surface area contributed by atoms with Crippen molar-refractivity contribution in [1.82, 2.24) is 0 Å². The van der Waals surface area contributed by atoms with Crippen molar-refractivity contribution in [3.8, 4) is 0 Å². The van der Waals surface area contributed by atoms with Gasteiger partial charge in [0.05, 0.1) is 5.56 Å². The number of benzene rings is 1. The van der Waals surface area contributed by atoms with Crippen molar-refractivity contribution in [3.63, 3.8) is 0 Å². The third-order valence-corrected chi connectivity index (χ3v) is 2.15. The van der Waals surface area contributed by atoms with Crippen LogP contribution in [-0.2, 0) is 11.3 Å². The van der Waals surface area contributed by atoms with E-state index in [1.807, 2.05) is 6.07 Å². The summed E-state index contributed by atoms with van der Waals surface area (Å²) in [5.74, 6) is 0.238. The van der Waals surface area contributed by atoms with E-state index in [-0.39, 0.29) is 12.4 Å². The normalized spacial score (nSPS) is 9.88. The van der Waals surface area contributed by atoms with Crippen LogP contribution in [0.1, 0.15) is 26.7 Å². The first-order chi connectivity index (χ1) is 8.29. The number of carbonyl (C=O) groups is 2. The van der Waals surface area contributed by atoms with E-state index in [0.29, 0.717) is 17.6 Å². The number of hydrogen-bond donors (Lipinski definition) is 0. The van der Waals surface area contributed by atoms with Gasteiger partial charge in [0.15, 0.2) is 12.0 Å². The maximum atomic E-state index is 11.6. The number of carbonyl (C=O) groups excluding carboxylic acids is 2. The molecule has 0 radical (unpaired) electrons. The average molecular weight is 230 g/mol. The highest BCUT2D eigenvalue weighted by Gasteiger charge is 2.08. The molecule has 1 aromatic heterocycles. The summed E-state index contributed by atoms with van der Waals surface area (Å²) in [6.45, 7) is 0.0154. The zero-order valence-corrected chi connectivity index (χ0v) is 8.96. The molecule has 0 aliphatic carbocycles. The SMILES string of the molecule is O=Cc1ccc(COC(=O)c2ccccc2)o1. The van der Waals surface area contributed by atoms with E-state index in [1.165, 1.54) is 6.07 Å². The topological polar surface area (TPSA) is 56.5 Å². The van der Waals surface area contributed by atoms with Gasteiger partial charge >= 0.3 is 5.97 Å². The fourth-order valence-corrected chi connectivity index (χ4v) is 1.33. The van der Waals surface area contributed by atoms with Crippen molar-refractivity contribution in [2.75, 3.05) is 0 Å². The molecule has 2 rings (SSSR count). The van der Waals surface area contributed by atoms with E-state index in [4.69, 9.17) is 9.15 Å². The van der Waals surface area contributed by atoms with Crippen LogP contribution >= 0.6 is 0 Å². The van der Waals surface area contributed by atoms with E-state index >= 15 is 0 Å². The summed E-state index contributed by atoms with van der Waals surface area (Å²) >= 11 is 0. The van der Waals surface area contributed by atoms with Crippen LogP contribution < -0.4 is 0 Å². The Hall–Kier alpha value is -2.36. The van der Waals surface area contributed by atoms with Crippen molar-refractivity contribution < 1.29 is 18.7 Å². The number of ether oxygens (including phenoxy) is 1. The maximum Gasteiger partial charge on any atom is 0.338 e. The van der Waals surface area contributed by atoms with Gasteiger partial charge in [0.1, 0.15) is 12.4 Å². The number of esters is 1. The number of rotatable bonds is 4. The minimum atomic E-state index is -0.422. The molecule has 0 fully saturated rings. The predicted molar refractivity (Wildman–Crippen MR) is 59.7 cm³/mol. The average Bonchev–Trinajstić information content (AvgIpc) is 2.85. The summed E-state index contributed by atoms with van der Waals surface area (Å²) in [4.78, 5) is 21.9. The lowest BCUT2D eigenvalue weighted by Crippen LogP contribution is -2.04. The Morgan fingerprint density at radius 1 is 1.18 bits per heavy atom. The van der Waals surface area contributed by atoms with Crippen LogP contribution in [0.4, 0.5) is 0 Å². The van der Waals surface area contributed by atoms with Gasteiger partial charge < -0.3 is 9.15 Å². The Balaban J connectivity index is 1.94. The van der Waals surface area contributed by atoms with Crippen molar-refractivity contribution in [3.05, 3.63) is 59.5 Å². The fourth-order valence-electron chi connectivity index (χ4n) is 1.33. The minimum absolute atomic E-state index is 0.0154. The Bertz CT molecular complexity index is 513. The third-order valence-electron chi connectivity index (χ3n) is 2.15. The van der Waals surface area contributed by atoms with Gasteiger partial charge in [0, 0.05) is 0 Å². The molecule has 4 heteroatoms. The van der Waals surface area contributed by atoms with Crippen LogP contribution in [0.2, 0.25) is 0 Å². The second-order valence-electron chi connectivity index (χ2n) is 3.36. The zero-order chi connectivity index (χ0) is 12.1. The standard InChI is InChI=1S/C13H10O4/c14-8-11-6-7-12(17-11)9-16-13(15)10-4-2-1-3-5-10/h1-8H,9H2. The molecule has 86 valence electrons. The lowest BCUT2D eigenvalue weighted by atomic mass is 10.2. The quantitative estimate of drug-likeness (QED) is 0.598. The summed E-state index contributed by atoms with van der Waals surface area (Å²) in [6, 6.07) is 11.8. The van der Waals surface area contributed by atoms with E-state index in [1.54, 1.807) is 30.3 Å². The minimum Gasteiger partial charge on any atom is -0.455 e. The third kappa shape index (κ3) is 2.81. The van der Waals surface area contributed by atoms with Crippen LogP contribution in [0.25, 0.3) is 0 Å². The smallest absolute Gasteiger partial charge is 0.338 e. The molecule has 0 unspecified atom stereocenters. The summed E-state index contributed by atoms with van der Waals surface area (Å²) in [5, 5.41) is 0. The number of furan rings is 1. The molecule has 1 heterocycles. The molecule has 0 amide bonds. The number of hydrogen-bond acceptors (Lipinski definition) is 4. The van der Waals surface area contributed by atoms with Gasteiger partial charge in [-0.25, -0.2) is 4.79 Å². The highest BCUT2D eigenvalue weighted by molar-refractivity contribution is 5.89. The molecule has 0 aliphatic heterocycles. The van der Waals surface area contributed by atoms with E-state index in [2.05, 4.69) is 0 Å². The van der Waals surface area contributed by atoms with Crippen molar-refractivity contribution >= 4 is 12.3 Å². The van der Waals surface area contributed by atoms with Crippen LogP contribution in [0.15, 0.2) is 46.9 Å². The van der Waals surface area contributed by atoms with Gasteiger partial charge in [-0.05, 0) is 24.3 Å². The molecular formula is C13H10O4. The van der Waals surface area contributed by atoms with Gasteiger partial charge in [0.2, 0.25) is 0 Å². The molecule has 0 aliphatic rings. The van der Waals surface area contributed by atoms with Crippen molar-refractivity contribution in [2.24, 2.45) is 0 Å². The van der Waals surface area contributed by atoms with Gasteiger partial charge in [-0.2, -0.15) is 0 Å². The van der Waals surface area contributed by atoms with Crippen LogP contribution in [-0.4, -0.2) is 12.3 Å². The van der Waals surface area contributed by atoms with E-state index < -0.39 is 5.97 Å². The molecular weight excluding hydrogens is 220 g/mol. The molecule has 2 aromatic rings. The Morgan fingerprint density at radius 2 is 1.94 bits per heavy atom. The van der Waals surface area contributed by atoms with Gasteiger partial charge in [-0.3, -0.25) is 4.79 Å². The lowest BCUT2D eigenvalue weighted by molar-refractivity contribution is 0.0445. The second kappa shape index (κ2) is 5.12. The van der Waals surface area contributed by atoms with Crippen molar-refractivity contribution in [2.45, 2.75) is 6.61 Å². The van der Waals surface area contributed by atoms with Crippen LogP contribution in [0.3, 0.4) is 0 Å². The molecule has 0 saturated heterocycles. The highest BCUT2D eigenvalue weighted by atomic mass is 16.5. The maximum absolute atomic E-state index is 11.6. The predicted octanol–water partition coefficient (Wildman–Crippen LogP) is 2.45. The monoisotopic (exact) mass is 230 g/mol. The molecule has 0 N–H and O–H groups in total. The van der Waals surface area contributed by atoms with Crippen LogP contribution in [0, 0.1) is 0 Å². The second-order valence-corrected chi connectivity index (χ2v) is 3.36. The largest absolute Gasteiger partial charge is 0.455 e. The van der Waals surface area contributed by atoms with Crippen molar-refractivity contribution in [1.29, 1.82) is 0 Å². The summed E-state index contributed by atoms with van der Waals surface area (Å²) in [7, 11) is 0. The zero-order valence-electron chi connectivity index (χ0n) is 8.96. The van der Waals surface area contributed by atoms with Gasteiger partial charge in [-0.15, -0.1) is 0 Å². The number of aldehydes is 1. The summed E-state index contributed by atoms with van der Waals surface area (Å²) < 4.78 is 10.1. The Kier molecular flexibility index (Phi) is 3.35. The van der Waals surface area contributed by atoms with Gasteiger partial charge in [0.25, 0.3) is 0 Å². The molecule has 0 bridgehead atoms. The first kappa shape index (κ1) is 11.1. The van der Waals surface area contributed by atoms with Crippen LogP contribution in [0.5, 0.6) is 0 Å². The molecule has 1 aromatic carbocycles. The highest BCUT2D eigenvalue weighted by Crippen LogP contribution is 2.09. The summed E-state index contributed by atoms with van der Waals surface area (Å²) in [6.07, 6.45) is 0.600. The Morgan fingerprint density at radius 3 is 2.59 bits per heavy atom. The first-order valence-corrected chi connectivity index (χ1v) is 5.05. The molecule has 0 saturated carbocycles. The van der Waals surface area contributed by atoms with E-state index in [0.717, 1.165) is 0 Å². The first-order valence-electron chi connectivity index (χ1n) is 5.05. The van der Waals surface area contributed by atoms with Gasteiger partial charge in [-0.1, -0.05) is 18.2 Å². The Labute approximate surface area is 97.8 Å². The fraction of sp³-hybridized carbons (Fsp3) is 0.0769. The molecule has 0 spiro atoms. The lowest BCUT2D eigenvalue weighted by Gasteiger charge is -2.02. The molecule has 4 nitrogen and oxygen atoms in total. The molecule has 0 atom stereocenters. The van der Waals surface area contributed by atoms with E-state index in [9.17, 15) is 9.59 Å².